The number of nitrogens with zero attached hydrogens (tertiary/aromatic N) is 1. The zero-order chi connectivity index (χ0) is 13.9. The van der Waals surface area contributed by atoms with Crippen LogP contribution in [-0.2, 0) is 17.8 Å². The summed E-state index contributed by atoms with van der Waals surface area (Å²) in [4.78, 5) is 14.3. The number of likely N-dealkylation sites (tertiary alicyclic amines) is 1. The average molecular weight is 260 g/mol. The predicted octanol–water partition coefficient (Wildman–Crippen LogP) is 2.34. The molecule has 104 valence electrons. The quantitative estimate of drug-likeness (QED) is 0.906. The number of carbonyl (C=O) groups excluding carboxylic acids is 1. The van der Waals surface area contributed by atoms with Gasteiger partial charge in [0.15, 0.2) is 0 Å². The molecule has 0 saturated carbocycles. The molecule has 2 rings (SSSR count). The Morgan fingerprint density at radius 3 is 2.37 bits per heavy atom. The van der Waals surface area contributed by atoms with Crippen LogP contribution in [0.2, 0.25) is 0 Å². The fraction of sp³-hybridized carbons (Fsp3) is 0.562. The summed E-state index contributed by atoms with van der Waals surface area (Å²) in [5.41, 5.74) is 8.24. The number of benzene rings is 1. The third kappa shape index (κ3) is 3.57. The van der Waals surface area contributed by atoms with E-state index < -0.39 is 0 Å². The molecule has 3 nitrogen and oxygen atoms in total. The summed E-state index contributed by atoms with van der Waals surface area (Å²) in [6.07, 6.45) is 2.67. The standard InChI is InChI=1S/C16H24N2O/c1-16(2)7-9-18(10-8-16)15(19)11-13-5-3-4-6-14(13)12-17/h3-6H,7-12,17H2,1-2H3. The van der Waals surface area contributed by atoms with Gasteiger partial charge in [0.25, 0.3) is 0 Å². The lowest BCUT2D eigenvalue weighted by molar-refractivity contribution is -0.132. The van der Waals surface area contributed by atoms with Crippen LogP contribution in [-0.4, -0.2) is 23.9 Å². The van der Waals surface area contributed by atoms with Gasteiger partial charge in [-0.2, -0.15) is 0 Å². The normalized spacial score (nSPS) is 18.4. The van der Waals surface area contributed by atoms with Gasteiger partial charge in [-0.05, 0) is 29.4 Å². The molecule has 0 atom stereocenters. The molecule has 0 radical (unpaired) electrons. The minimum Gasteiger partial charge on any atom is -0.342 e. The van der Waals surface area contributed by atoms with E-state index in [9.17, 15) is 4.79 Å². The molecule has 0 aliphatic carbocycles. The van der Waals surface area contributed by atoms with Gasteiger partial charge in [-0.15, -0.1) is 0 Å². The van der Waals surface area contributed by atoms with Gasteiger partial charge < -0.3 is 10.6 Å². The first-order valence-electron chi connectivity index (χ1n) is 7.06. The van der Waals surface area contributed by atoms with Crippen LogP contribution in [0.3, 0.4) is 0 Å². The Bertz CT molecular complexity index is 444. The van der Waals surface area contributed by atoms with Crippen LogP contribution in [0.15, 0.2) is 24.3 Å². The van der Waals surface area contributed by atoms with Crippen molar-refractivity contribution in [3.8, 4) is 0 Å². The molecule has 0 aromatic heterocycles. The van der Waals surface area contributed by atoms with Crippen molar-refractivity contribution < 1.29 is 4.79 Å². The van der Waals surface area contributed by atoms with Gasteiger partial charge in [-0.25, -0.2) is 0 Å². The molecule has 1 saturated heterocycles. The molecule has 1 aliphatic heterocycles. The molecular weight excluding hydrogens is 236 g/mol. The van der Waals surface area contributed by atoms with E-state index in [1.54, 1.807) is 0 Å². The molecule has 0 spiro atoms. The van der Waals surface area contributed by atoms with Gasteiger partial charge in [0, 0.05) is 19.6 Å². The number of hydrogen-bond donors (Lipinski definition) is 1. The van der Waals surface area contributed by atoms with Crippen LogP contribution in [0.1, 0.15) is 37.8 Å². The van der Waals surface area contributed by atoms with E-state index >= 15 is 0 Å². The summed E-state index contributed by atoms with van der Waals surface area (Å²) in [6.45, 7) is 6.82. The second kappa shape index (κ2) is 5.74. The third-order valence-corrected chi connectivity index (χ3v) is 4.15. The van der Waals surface area contributed by atoms with Crippen molar-refractivity contribution in [3.63, 3.8) is 0 Å². The lowest BCUT2D eigenvalue weighted by Gasteiger charge is -2.37. The molecule has 1 heterocycles. The van der Waals surface area contributed by atoms with Crippen LogP contribution in [0.4, 0.5) is 0 Å². The molecular formula is C16H24N2O. The first-order chi connectivity index (χ1) is 9.02. The Hall–Kier alpha value is -1.35. The van der Waals surface area contributed by atoms with Gasteiger partial charge in [0.05, 0.1) is 6.42 Å². The Kier molecular flexibility index (Phi) is 4.25. The van der Waals surface area contributed by atoms with Crippen molar-refractivity contribution in [1.82, 2.24) is 4.90 Å². The predicted molar refractivity (Wildman–Crippen MR) is 77.6 cm³/mol. The maximum absolute atomic E-state index is 12.3. The van der Waals surface area contributed by atoms with Crippen molar-refractivity contribution in [2.75, 3.05) is 13.1 Å². The molecule has 0 bridgehead atoms. The molecule has 1 amide bonds. The van der Waals surface area contributed by atoms with E-state index in [2.05, 4.69) is 13.8 Å². The Morgan fingerprint density at radius 1 is 1.21 bits per heavy atom. The average Bonchev–Trinajstić information content (AvgIpc) is 2.39. The van der Waals surface area contributed by atoms with E-state index in [1.165, 1.54) is 0 Å². The smallest absolute Gasteiger partial charge is 0.227 e. The van der Waals surface area contributed by atoms with E-state index in [1.807, 2.05) is 29.2 Å². The molecule has 3 heteroatoms. The number of amides is 1. The van der Waals surface area contributed by atoms with Crippen molar-refractivity contribution in [2.24, 2.45) is 11.1 Å². The SMILES string of the molecule is CC1(C)CCN(C(=O)Cc2ccccc2CN)CC1. The van der Waals surface area contributed by atoms with Crippen LogP contribution in [0.5, 0.6) is 0 Å². The van der Waals surface area contributed by atoms with Gasteiger partial charge >= 0.3 is 0 Å². The number of rotatable bonds is 3. The van der Waals surface area contributed by atoms with E-state index in [4.69, 9.17) is 5.73 Å². The van der Waals surface area contributed by atoms with Crippen LogP contribution >= 0.6 is 0 Å². The highest BCUT2D eigenvalue weighted by Gasteiger charge is 2.27. The molecule has 1 fully saturated rings. The maximum Gasteiger partial charge on any atom is 0.227 e. The van der Waals surface area contributed by atoms with E-state index in [0.717, 1.165) is 37.1 Å². The van der Waals surface area contributed by atoms with Crippen molar-refractivity contribution in [2.45, 2.75) is 39.7 Å². The summed E-state index contributed by atoms with van der Waals surface area (Å²) in [5, 5.41) is 0. The van der Waals surface area contributed by atoms with Gasteiger partial charge in [0.2, 0.25) is 5.91 Å². The first-order valence-corrected chi connectivity index (χ1v) is 7.06. The molecule has 1 aromatic carbocycles. The molecule has 1 aromatic rings. The maximum atomic E-state index is 12.3. The second-order valence-electron chi connectivity index (χ2n) is 6.19. The molecule has 1 aliphatic rings. The summed E-state index contributed by atoms with van der Waals surface area (Å²) in [7, 11) is 0. The minimum absolute atomic E-state index is 0.233. The van der Waals surface area contributed by atoms with Gasteiger partial charge in [-0.3, -0.25) is 4.79 Å². The lowest BCUT2D eigenvalue weighted by Crippen LogP contribution is -2.41. The fourth-order valence-electron chi connectivity index (χ4n) is 2.57. The van der Waals surface area contributed by atoms with Crippen molar-refractivity contribution >= 4 is 5.91 Å². The number of nitrogens with two attached hydrogens (primary N) is 1. The number of hydrogen-bond acceptors (Lipinski definition) is 2. The third-order valence-electron chi connectivity index (χ3n) is 4.15. The number of carbonyl (C=O) groups is 1. The van der Waals surface area contributed by atoms with Gasteiger partial charge in [-0.1, -0.05) is 38.1 Å². The summed E-state index contributed by atoms with van der Waals surface area (Å²) < 4.78 is 0. The Morgan fingerprint density at radius 2 is 1.79 bits per heavy atom. The minimum atomic E-state index is 0.233. The highest BCUT2D eigenvalue weighted by Crippen LogP contribution is 2.29. The first kappa shape index (κ1) is 14.1. The number of piperidine rings is 1. The van der Waals surface area contributed by atoms with Crippen molar-refractivity contribution in [1.29, 1.82) is 0 Å². The molecule has 0 unspecified atom stereocenters. The Labute approximate surface area is 115 Å². The fourth-order valence-corrected chi connectivity index (χ4v) is 2.57. The topological polar surface area (TPSA) is 46.3 Å². The second-order valence-corrected chi connectivity index (χ2v) is 6.19. The highest BCUT2D eigenvalue weighted by atomic mass is 16.2. The van der Waals surface area contributed by atoms with Crippen molar-refractivity contribution in [3.05, 3.63) is 35.4 Å². The zero-order valence-corrected chi connectivity index (χ0v) is 12.0. The molecule has 19 heavy (non-hydrogen) atoms. The highest BCUT2D eigenvalue weighted by molar-refractivity contribution is 5.79. The monoisotopic (exact) mass is 260 g/mol. The molecule has 2 N–H and O–H groups in total. The summed E-state index contributed by atoms with van der Waals surface area (Å²) in [5.74, 6) is 0.233. The summed E-state index contributed by atoms with van der Waals surface area (Å²) >= 11 is 0. The van der Waals surface area contributed by atoms with Gasteiger partial charge in [0.1, 0.15) is 0 Å². The Balaban J connectivity index is 1.98. The van der Waals surface area contributed by atoms with Crippen LogP contribution < -0.4 is 5.73 Å². The lowest BCUT2D eigenvalue weighted by atomic mass is 9.82. The summed E-state index contributed by atoms with van der Waals surface area (Å²) in [6, 6.07) is 7.95. The van der Waals surface area contributed by atoms with Crippen LogP contribution in [0, 0.1) is 5.41 Å². The van der Waals surface area contributed by atoms with E-state index in [0.29, 0.717) is 18.4 Å². The van der Waals surface area contributed by atoms with E-state index in [-0.39, 0.29) is 5.91 Å². The largest absolute Gasteiger partial charge is 0.342 e. The zero-order valence-electron chi connectivity index (χ0n) is 12.0. The van der Waals surface area contributed by atoms with Crippen LogP contribution in [0.25, 0.3) is 0 Å².